The van der Waals surface area contributed by atoms with Gasteiger partial charge in [-0.05, 0) is 45.7 Å². The van der Waals surface area contributed by atoms with Gasteiger partial charge in [0, 0.05) is 18.6 Å². The zero-order chi connectivity index (χ0) is 26.3. The summed E-state index contributed by atoms with van der Waals surface area (Å²) in [6.07, 6.45) is -5.21. The number of carbonyl (C=O) groups is 3. The molecule has 3 rings (SSSR count). The van der Waals surface area contributed by atoms with Gasteiger partial charge >= 0.3 is 12.1 Å². The van der Waals surface area contributed by atoms with E-state index in [0.29, 0.717) is 0 Å². The van der Waals surface area contributed by atoms with Gasteiger partial charge in [0.15, 0.2) is 0 Å². The van der Waals surface area contributed by atoms with Gasteiger partial charge in [0.05, 0.1) is 29.1 Å². The van der Waals surface area contributed by atoms with E-state index in [9.17, 15) is 38.0 Å². The number of carbonyl (C=O) groups excluding carboxylic acids is 3. The number of fused-ring (bicyclic) bond motifs is 1. The highest BCUT2D eigenvalue weighted by Gasteiger charge is 2.64. The largest absolute Gasteiger partial charge is 0.469 e. The molecule has 0 aromatic heterocycles. The molecule has 4 atom stereocenters. The fourth-order valence-corrected chi connectivity index (χ4v) is 5.52. The molecule has 1 saturated carbocycles. The number of esters is 1. The summed E-state index contributed by atoms with van der Waals surface area (Å²) >= 11 is 0. The van der Waals surface area contributed by atoms with Crippen LogP contribution >= 0.6 is 0 Å². The lowest BCUT2D eigenvalue weighted by Gasteiger charge is -2.43. The SMILES string of the molecule is COC(=O)[C@]12CC(=O)N(C(=O)OC(C)(C)C)[C@H]1C[C@@H](OS(=O)(=O)c1ccc([N+](=O)[O-])cc1)[C@@H](O)C2. The van der Waals surface area contributed by atoms with Gasteiger partial charge in [0.25, 0.3) is 15.8 Å². The molecule has 1 N–H and O–H groups in total. The number of rotatable bonds is 5. The van der Waals surface area contributed by atoms with Crippen molar-refractivity contribution in [3.8, 4) is 0 Å². The van der Waals surface area contributed by atoms with Crippen LogP contribution in [-0.2, 0) is 33.4 Å². The Morgan fingerprint density at radius 1 is 1.23 bits per heavy atom. The Morgan fingerprint density at radius 3 is 2.34 bits per heavy atom. The lowest BCUT2D eigenvalue weighted by Crippen LogP contribution is -2.57. The Kier molecular flexibility index (Phi) is 6.94. The Hall–Kier alpha value is -3.10. The minimum atomic E-state index is -4.51. The summed E-state index contributed by atoms with van der Waals surface area (Å²) in [5, 5.41) is 21.5. The molecule has 192 valence electrons. The molecular formula is C21H26N2O11S. The second-order valence-electron chi connectivity index (χ2n) is 9.43. The molecule has 1 aromatic carbocycles. The van der Waals surface area contributed by atoms with E-state index in [1.54, 1.807) is 20.8 Å². The first-order chi connectivity index (χ1) is 16.1. The zero-order valence-electron chi connectivity index (χ0n) is 19.5. The normalized spacial score (nSPS) is 26.7. The second kappa shape index (κ2) is 9.17. The van der Waals surface area contributed by atoms with Gasteiger partial charge in [0.2, 0.25) is 5.91 Å². The molecule has 1 saturated heterocycles. The van der Waals surface area contributed by atoms with Gasteiger partial charge in [-0.15, -0.1) is 0 Å². The van der Waals surface area contributed by atoms with E-state index in [-0.39, 0.29) is 5.69 Å². The van der Waals surface area contributed by atoms with Crippen LogP contribution in [0.15, 0.2) is 29.2 Å². The van der Waals surface area contributed by atoms with Crippen LogP contribution in [0.3, 0.4) is 0 Å². The number of hydrogen-bond donors (Lipinski definition) is 1. The van der Waals surface area contributed by atoms with Gasteiger partial charge < -0.3 is 14.6 Å². The highest BCUT2D eigenvalue weighted by Crippen LogP contribution is 2.50. The molecule has 1 heterocycles. The number of hydrogen-bond acceptors (Lipinski definition) is 11. The fraction of sp³-hybridized carbons (Fsp3) is 0.571. The summed E-state index contributed by atoms with van der Waals surface area (Å²) < 4.78 is 41.0. The maximum Gasteiger partial charge on any atom is 0.417 e. The standard InChI is InChI=1S/C21H26N2O11S/c1-20(2,3)33-19(27)22-16-9-15(14(24)10-21(16,11-17(22)25)18(26)32-4)34-35(30,31)13-7-5-12(6-8-13)23(28)29/h5-8,14-16,24H,9-11H2,1-4H3/t14-,15+,16-,21+/m0/s1. The summed E-state index contributed by atoms with van der Waals surface area (Å²) in [6.45, 7) is 4.77. The molecule has 13 nitrogen and oxygen atoms in total. The van der Waals surface area contributed by atoms with Crippen molar-refractivity contribution in [3.63, 3.8) is 0 Å². The number of aliphatic hydroxyl groups excluding tert-OH is 1. The summed E-state index contributed by atoms with van der Waals surface area (Å²) in [5.41, 5.74) is -2.90. The van der Waals surface area contributed by atoms with Gasteiger partial charge in [0.1, 0.15) is 17.1 Å². The molecule has 1 aliphatic heterocycles. The maximum atomic E-state index is 12.8. The number of benzene rings is 1. The molecular weight excluding hydrogens is 488 g/mol. The summed E-state index contributed by atoms with van der Waals surface area (Å²) in [6, 6.07) is 2.73. The third-order valence-electron chi connectivity index (χ3n) is 5.91. The lowest BCUT2D eigenvalue weighted by molar-refractivity contribution is -0.384. The first kappa shape index (κ1) is 26.5. The van der Waals surface area contributed by atoms with Crippen LogP contribution in [-0.4, -0.2) is 72.3 Å². The van der Waals surface area contributed by atoms with Crippen LogP contribution in [0.1, 0.15) is 40.0 Å². The zero-order valence-corrected chi connectivity index (χ0v) is 20.3. The van der Waals surface area contributed by atoms with Crippen LogP contribution in [0.4, 0.5) is 10.5 Å². The van der Waals surface area contributed by atoms with Crippen LogP contribution in [0, 0.1) is 15.5 Å². The number of non-ortho nitro benzene ring substituents is 1. The number of nitro benzene ring substituents is 1. The van der Waals surface area contributed by atoms with E-state index in [1.807, 2.05) is 0 Å². The smallest absolute Gasteiger partial charge is 0.417 e. The molecule has 0 bridgehead atoms. The van der Waals surface area contributed by atoms with E-state index in [0.717, 1.165) is 36.3 Å². The van der Waals surface area contributed by atoms with Crippen molar-refractivity contribution in [2.45, 2.75) is 68.8 Å². The van der Waals surface area contributed by atoms with Crippen LogP contribution in [0.5, 0.6) is 0 Å². The van der Waals surface area contributed by atoms with E-state index < -0.39 is 86.4 Å². The molecule has 2 fully saturated rings. The molecule has 35 heavy (non-hydrogen) atoms. The topological polar surface area (TPSA) is 180 Å². The number of imide groups is 1. The van der Waals surface area contributed by atoms with Crippen molar-refractivity contribution in [2.24, 2.45) is 5.41 Å². The fourth-order valence-electron chi connectivity index (χ4n) is 4.41. The molecule has 1 aromatic rings. The number of amides is 2. The van der Waals surface area contributed by atoms with Gasteiger partial charge in [-0.1, -0.05) is 0 Å². The van der Waals surface area contributed by atoms with Crippen molar-refractivity contribution in [1.29, 1.82) is 0 Å². The average molecular weight is 515 g/mol. The predicted molar refractivity (Wildman–Crippen MR) is 116 cm³/mol. The van der Waals surface area contributed by atoms with Crippen LogP contribution in [0.25, 0.3) is 0 Å². The average Bonchev–Trinajstić information content (AvgIpc) is 3.03. The molecule has 14 heteroatoms. The third kappa shape index (κ3) is 5.13. The molecule has 2 aliphatic rings. The number of likely N-dealkylation sites (tertiary alicyclic amines) is 1. The minimum Gasteiger partial charge on any atom is -0.469 e. The molecule has 2 amide bonds. The van der Waals surface area contributed by atoms with Gasteiger partial charge in [-0.25, -0.2) is 9.69 Å². The molecule has 0 spiro atoms. The Balaban J connectivity index is 1.93. The number of methoxy groups -OCH3 is 1. The van der Waals surface area contributed by atoms with E-state index in [4.69, 9.17) is 13.7 Å². The predicted octanol–water partition coefficient (Wildman–Crippen LogP) is 1.52. The van der Waals surface area contributed by atoms with Crippen molar-refractivity contribution >= 4 is 33.8 Å². The highest BCUT2D eigenvalue weighted by molar-refractivity contribution is 7.86. The maximum absolute atomic E-state index is 12.8. The number of ether oxygens (including phenoxy) is 2. The van der Waals surface area contributed by atoms with Crippen molar-refractivity contribution in [3.05, 3.63) is 34.4 Å². The lowest BCUT2D eigenvalue weighted by atomic mass is 9.68. The van der Waals surface area contributed by atoms with Gasteiger partial charge in [-0.2, -0.15) is 8.42 Å². The Morgan fingerprint density at radius 2 is 1.83 bits per heavy atom. The number of aliphatic hydroxyl groups is 1. The minimum absolute atomic E-state index is 0.331. The first-order valence-corrected chi connectivity index (χ1v) is 12.0. The van der Waals surface area contributed by atoms with Crippen LogP contribution < -0.4 is 0 Å². The molecule has 0 radical (unpaired) electrons. The molecule has 0 unspecified atom stereocenters. The Bertz CT molecular complexity index is 1140. The van der Waals surface area contributed by atoms with Crippen molar-refractivity contribution in [2.75, 3.05) is 7.11 Å². The van der Waals surface area contributed by atoms with E-state index >= 15 is 0 Å². The van der Waals surface area contributed by atoms with Gasteiger partial charge in [-0.3, -0.25) is 23.9 Å². The second-order valence-corrected chi connectivity index (χ2v) is 11.0. The number of nitrogens with zero attached hydrogens (tertiary/aromatic N) is 2. The summed E-state index contributed by atoms with van der Waals surface area (Å²) in [5.74, 6) is -1.57. The highest BCUT2D eigenvalue weighted by atomic mass is 32.2. The first-order valence-electron chi connectivity index (χ1n) is 10.6. The number of nitro groups is 1. The Labute approximate surface area is 201 Å². The molecule has 1 aliphatic carbocycles. The monoisotopic (exact) mass is 514 g/mol. The van der Waals surface area contributed by atoms with E-state index in [2.05, 4.69) is 0 Å². The van der Waals surface area contributed by atoms with Crippen LogP contribution in [0.2, 0.25) is 0 Å². The van der Waals surface area contributed by atoms with Crippen molar-refractivity contribution < 1.29 is 46.5 Å². The van der Waals surface area contributed by atoms with Crippen molar-refractivity contribution in [1.82, 2.24) is 4.90 Å². The quantitative estimate of drug-likeness (QED) is 0.260. The summed E-state index contributed by atoms with van der Waals surface area (Å²) in [7, 11) is -3.41. The van der Waals surface area contributed by atoms with E-state index in [1.165, 1.54) is 0 Å². The summed E-state index contributed by atoms with van der Waals surface area (Å²) in [4.78, 5) is 48.9. The third-order valence-corrected chi connectivity index (χ3v) is 7.26.